The van der Waals surface area contributed by atoms with Crippen molar-refractivity contribution in [2.24, 2.45) is 0 Å². The number of hydrogen-bond donors (Lipinski definition) is 2. The van der Waals surface area contributed by atoms with Crippen LogP contribution in [-0.2, 0) is 4.74 Å². The van der Waals surface area contributed by atoms with Gasteiger partial charge in [0.25, 0.3) is 5.91 Å². The number of nitrogen functional groups attached to an aromatic ring is 1. The molecule has 0 atom stereocenters. The number of rotatable bonds is 6. The van der Waals surface area contributed by atoms with Crippen LogP contribution in [0.4, 0.5) is 5.69 Å². The fourth-order valence-electron chi connectivity index (χ4n) is 1.83. The quantitative estimate of drug-likeness (QED) is 0.770. The van der Waals surface area contributed by atoms with Gasteiger partial charge < -0.3 is 20.5 Å². The lowest BCUT2D eigenvalue weighted by Gasteiger charge is -2.26. The second-order valence-electron chi connectivity index (χ2n) is 4.92. The Balaban J connectivity index is 2.99. The van der Waals surface area contributed by atoms with Crippen molar-refractivity contribution in [3.05, 3.63) is 23.8 Å². The molecule has 0 heterocycles. The molecule has 5 nitrogen and oxygen atoms in total. The van der Waals surface area contributed by atoms with E-state index in [9.17, 15) is 4.79 Å². The summed E-state index contributed by atoms with van der Waals surface area (Å²) < 4.78 is 10.5. The van der Waals surface area contributed by atoms with Gasteiger partial charge in [-0.15, -0.1) is 0 Å². The van der Waals surface area contributed by atoms with Crippen LogP contribution < -0.4 is 15.8 Å². The molecule has 1 aromatic carbocycles. The molecule has 1 aromatic rings. The zero-order valence-electron chi connectivity index (χ0n) is 11.9. The molecule has 0 aromatic heterocycles. The van der Waals surface area contributed by atoms with Crippen molar-refractivity contribution in [2.45, 2.75) is 26.3 Å². The normalized spacial score (nSPS) is 11.2. The number of anilines is 1. The maximum Gasteiger partial charge on any atom is 0.257 e. The zero-order valence-corrected chi connectivity index (χ0v) is 11.9. The first kappa shape index (κ1) is 15.3. The zero-order chi connectivity index (χ0) is 14.5. The van der Waals surface area contributed by atoms with E-state index in [0.717, 1.165) is 0 Å². The van der Waals surface area contributed by atoms with Gasteiger partial charge in [-0.25, -0.2) is 0 Å². The lowest BCUT2D eigenvalue weighted by molar-refractivity contribution is 0.0817. The van der Waals surface area contributed by atoms with Crippen molar-refractivity contribution in [2.75, 3.05) is 26.1 Å². The van der Waals surface area contributed by atoms with Crippen molar-refractivity contribution in [1.82, 2.24) is 5.32 Å². The molecule has 0 aliphatic rings. The van der Waals surface area contributed by atoms with Gasteiger partial charge in [0.2, 0.25) is 0 Å². The fraction of sp³-hybridized carbons (Fsp3) is 0.500. The number of ether oxygens (including phenoxy) is 2. The minimum atomic E-state index is -0.475. The summed E-state index contributed by atoms with van der Waals surface area (Å²) in [5.41, 5.74) is 6.17. The molecular weight excluding hydrogens is 244 g/mol. The third-order valence-corrected chi connectivity index (χ3v) is 2.54. The summed E-state index contributed by atoms with van der Waals surface area (Å²) in [5, 5.41) is 2.89. The highest BCUT2D eigenvalue weighted by Crippen LogP contribution is 2.25. The van der Waals surface area contributed by atoms with Gasteiger partial charge in [0.15, 0.2) is 0 Å². The summed E-state index contributed by atoms with van der Waals surface area (Å²) in [6.07, 6.45) is 0. The van der Waals surface area contributed by atoms with E-state index < -0.39 is 5.54 Å². The number of nitrogens with one attached hydrogen (secondary N) is 1. The van der Waals surface area contributed by atoms with Gasteiger partial charge in [0.1, 0.15) is 11.3 Å². The maximum atomic E-state index is 12.3. The van der Waals surface area contributed by atoms with Gasteiger partial charge >= 0.3 is 0 Å². The summed E-state index contributed by atoms with van der Waals surface area (Å²) >= 11 is 0. The highest BCUT2D eigenvalue weighted by atomic mass is 16.5. The predicted octanol–water partition coefficient (Wildman–Crippen LogP) is 1.82. The summed E-state index contributed by atoms with van der Waals surface area (Å²) in [7, 11) is 1.59. The standard InChI is InChI=1S/C14H22N2O3/c1-5-19-11-8-6-7-10(15)12(11)13(17)16-14(2,3)9-18-4/h6-8H,5,9,15H2,1-4H3,(H,16,17). The molecule has 0 radical (unpaired) electrons. The van der Waals surface area contributed by atoms with E-state index in [-0.39, 0.29) is 5.91 Å². The number of nitrogens with two attached hydrogens (primary N) is 1. The van der Waals surface area contributed by atoms with Crippen molar-refractivity contribution < 1.29 is 14.3 Å². The fourth-order valence-corrected chi connectivity index (χ4v) is 1.83. The summed E-state index contributed by atoms with van der Waals surface area (Å²) in [4.78, 5) is 12.3. The second kappa shape index (κ2) is 6.43. The first-order valence-electron chi connectivity index (χ1n) is 6.24. The van der Waals surface area contributed by atoms with Crippen molar-refractivity contribution in [3.63, 3.8) is 0 Å². The van der Waals surface area contributed by atoms with E-state index in [0.29, 0.717) is 30.2 Å². The Morgan fingerprint density at radius 3 is 2.68 bits per heavy atom. The Hall–Kier alpha value is -1.75. The molecule has 1 amide bonds. The Kier molecular flexibility index (Phi) is 5.18. The van der Waals surface area contributed by atoms with Crippen molar-refractivity contribution in [3.8, 4) is 5.75 Å². The molecular formula is C14H22N2O3. The Bertz CT molecular complexity index is 444. The van der Waals surface area contributed by atoms with Crippen LogP contribution in [0.3, 0.4) is 0 Å². The Labute approximate surface area is 114 Å². The first-order chi connectivity index (χ1) is 8.91. The van der Waals surface area contributed by atoms with Crippen LogP contribution in [0.2, 0.25) is 0 Å². The maximum absolute atomic E-state index is 12.3. The summed E-state index contributed by atoms with van der Waals surface area (Å²) in [5.74, 6) is 0.233. The van der Waals surface area contributed by atoms with Crippen LogP contribution in [0.5, 0.6) is 5.75 Å². The molecule has 0 bridgehead atoms. The second-order valence-corrected chi connectivity index (χ2v) is 4.92. The topological polar surface area (TPSA) is 73.6 Å². The average molecular weight is 266 g/mol. The van der Waals surface area contributed by atoms with Gasteiger partial charge in [-0.3, -0.25) is 4.79 Å². The van der Waals surface area contributed by atoms with Crippen LogP contribution >= 0.6 is 0 Å². The number of carbonyl (C=O) groups is 1. The van der Waals surface area contributed by atoms with E-state index in [1.54, 1.807) is 25.3 Å². The van der Waals surface area contributed by atoms with E-state index in [1.165, 1.54) is 0 Å². The minimum absolute atomic E-state index is 0.261. The van der Waals surface area contributed by atoms with E-state index in [4.69, 9.17) is 15.2 Å². The first-order valence-corrected chi connectivity index (χ1v) is 6.24. The predicted molar refractivity (Wildman–Crippen MR) is 75.4 cm³/mol. The Morgan fingerprint density at radius 1 is 1.42 bits per heavy atom. The van der Waals surface area contributed by atoms with Gasteiger partial charge in [-0.05, 0) is 32.9 Å². The molecule has 1 rings (SSSR count). The highest BCUT2D eigenvalue weighted by molar-refractivity contribution is 6.02. The molecule has 0 saturated carbocycles. The average Bonchev–Trinajstić information content (AvgIpc) is 2.28. The van der Waals surface area contributed by atoms with E-state index >= 15 is 0 Å². The van der Waals surface area contributed by atoms with Crippen molar-refractivity contribution >= 4 is 11.6 Å². The van der Waals surface area contributed by atoms with Crippen LogP contribution in [0, 0.1) is 0 Å². The molecule has 0 saturated heterocycles. The van der Waals surface area contributed by atoms with Gasteiger partial charge in [-0.2, -0.15) is 0 Å². The van der Waals surface area contributed by atoms with Crippen LogP contribution in [0.25, 0.3) is 0 Å². The molecule has 19 heavy (non-hydrogen) atoms. The highest BCUT2D eigenvalue weighted by Gasteiger charge is 2.24. The van der Waals surface area contributed by atoms with Crippen LogP contribution in [-0.4, -0.2) is 31.8 Å². The molecule has 0 fully saturated rings. The monoisotopic (exact) mass is 266 g/mol. The third kappa shape index (κ3) is 4.13. The minimum Gasteiger partial charge on any atom is -0.493 e. The molecule has 0 aliphatic heterocycles. The molecule has 0 spiro atoms. The van der Waals surface area contributed by atoms with Crippen LogP contribution in [0.15, 0.2) is 18.2 Å². The lowest BCUT2D eigenvalue weighted by Crippen LogP contribution is -2.47. The molecule has 3 N–H and O–H groups in total. The molecule has 0 unspecified atom stereocenters. The third-order valence-electron chi connectivity index (χ3n) is 2.54. The smallest absolute Gasteiger partial charge is 0.257 e. The van der Waals surface area contributed by atoms with Gasteiger partial charge in [0.05, 0.1) is 18.8 Å². The molecule has 0 aliphatic carbocycles. The molecule has 106 valence electrons. The largest absolute Gasteiger partial charge is 0.493 e. The van der Waals surface area contributed by atoms with Gasteiger partial charge in [-0.1, -0.05) is 6.07 Å². The number of hydrogen-bond acceptors (Lipinski definition) is 4. The number of benzene rings is 1. The Morgan fingerprint density at radius 2 is 2.11 bits per heavy atom. The summed E-state index contributed by atoms with van der Waals surface area (Å²) in [6.45, 7) is 6.52. The van der Waals surface area contributed by atoms with Crippen molar-refractivity contribution in [1.29, 1.82) is 0 Å². The number of amides is 1. The number of methoxy groups -OCH3 is 1. The molecule has 5 heteroatoms. The van der Waals surface area contributed by atoms with E-state index in [2.05, 4.69) is 5.32 Å². The summed E-state index contributed by atoms with van der Waals surface area (Å²) in [6, 6.07) is 5.18. The SMILES string of the molecule is CCOc1cccc(N)c1C(=O)NC(C)(C)COC. The lowest BCUT2D eigenvalue weighted by atomic mass is 10.0. The van der Waals surface area contributed by atoms with Crippen LogP contribution in [0.1, 0.15) is 31.1 Å². The van der Waals surface area contributed by atoms with Gasteiger partial charge in [0, 0.05) is 12.8 Å². The number of carbonyl (C=O) groups excluding carboxylic acids is 1. The van der Waals surface area contributed by atoms with E-state index in [1.807, 2.05) is 20.8 Å².